The zero-order chi connectivity index (χ0) is 20.8. The molecule has 3 fully saturated rings. The molecule has 0 N–H and O–H groups in total. The minimum atomic E-state index is -0.652. The lowest BCUT2D eigenvalue weighted by Gasteiger charge is -2.58. The first-order valence-electron chi connectivity index (χ1n) is 11.5. The molecule has 0 radical (unpaired) electrons. The van der Waals surface area contributed by atoms with Crippen molar-refractivity contribution in [3.05, 3.63) is 22.8 Å². The van der Waals surface area contributed by atoms with Crippen molar-refractivity contribution in [2.75, 3.05) is 6.61 Å². The van der Waals surface area contributed by atoms with E-state index in [9.17, 15) is 9.59 Å². The van der Waals surface area contributed by atoms with Gasteiger partial charge in [-0.2, -0.15) is 0 Å². The van der Waals surface area contributed by atoms with Crippen molar-refractivity contribution in [1.29, 1.82) is 0 Å². The smallest absolute Gasteiger partial charge is 0.162 e. The molecule has 29 heavy (non-hydrogen) atoms. The number of ether oxygens (including phenoxy) is 1. The molecule has 0 bridgehead atoms. The third kappa shape index (κ3) is 2.35. The van der Waals surface area contributed by atoms with E-state index in [0.717, 1.165) is 49.1 Å². The molecule has 4 heteroatoms. The van der Waals surface area contributed by atoms with Crippen molar-refractivity contribution in [3.8, 4) is 0 Å². The predicted octanol–water partition coefficient (Wildman–Crippen LogP) is 5.47. The minimum absolute atomic E-state index is 0.00214. The van der Waals surface area contributed by atoms with E-state index < -0.39 is 5.60 Å². The van der Waals surface area contributed by atoms with E-state index in [-0.39, 0.29) is 28.3 Å². The van der Waals surface area contributed by atoms with Gasteiger partial charge in [0.25, 0.3) is 0 Å². The molecule has 2 unspecified atom stereocenters. The van der Waals surface area contributed by atoms with E-state index in [1.807, 2.05) is 6.08 Å². The molecule has 5 rings (SSSR count). The summed E-state index contributed by atoms with van der Waals surface area (Å²) in [5.41, 5.74) is 0.294. The van der Waals surface area contributed by atoms with Gasteiger partial charge in [0.05, 0.1) is 0 Å². The first-order chi connectivity index (χ1) is 13.7. The molecule has 3 nitrogen and oxygen atoms in total. The highest BCUT2D eigenvalue weighted by molar-refractivity contribution is 6.32. The van der Waals surface area contributed by atoms with Crippen molar-refractivity contribution < 1.29 is 14.3 Å². The van der Waals surface area contributed by atoms with Crippen LogP contribution in [0.4, 0.5) is 0 Å². The normalized spacial score (nSPS) is 50.0. The lowest BCUT2D eigenvalue weighted by molar-refractivity contribution is -0.172. The summed E-state index contributed by atoms with van der Waals surface area (Å²) in [6.07, 6.45) is 9.98. The van der Waals surface area contributed by atoms with Gasteiger partial charge in [-0.25, -0.2) is 0 Å². The Kier molecular flexibility index (Phi) is 4.34. The summed E-state index contributed by atoms with van der Waals surface area (Å²) in [7, 11) is 0. The molecule has 8 atom stereocenters. The van der Waals surface area contributed by atoms with Crippen molar-refractivity contribution in [1.82, 2.24) is 0 Å². The molecule has 158 valence electrons. The van der Waals surface area contributed by atoms with Crippen molar-refractivity contribution in [2.45, 2.75) is 71.8 Å². The molecule has 0 aromatic heterocycles. The van der Waals surface area contributed by atoms with E-state index in [2.05, 4.69) is 26.8 Å². The van der Waals surface area contributed by atoms with Crippen LogP contribution in [0.3, 0.4) is 0 Å². The fourth-order valence-electron chi connectivity index (χ4n) is 8.16. The molecular formula is C25H33ClO3. The first kappa shape index (κ1) is 20.0. The standard InChI is InChI=1S/C25H33ClO3/c1-5-10-29-25(14(2)27)9-7-17-15-12-21(26)20-13-22(28)16-11-19(16)24(20,4)18(15)6-8-23(17,25)3/h12-13,15-19H,5-11H2,1-4H3/t15-,16?,17-,18+,19?,23-,24+,25-/m0/s1. The molecule has 0 aromatic rings. The zero-order valence-corrected chi connectivity index (χ0v) is 18.8. The Hall–Kier alpha value is -0.930. The van der Waals surface area contributed by atoms with Gasteiger partial charge in [-0.15, -0.1) is 0 Å². The molecule has 0 heterocycles. The lowest BCUT2D eigenvalue weighted by atomic mass is 9.47. The monoisotopic (exact) mass is 416 g/mol. The fourth-order valence-corrected chi connectivity index (χ4v) is 8.56. The van der Waals surface area contributed by atoms with Gasteiger partial charge in [-0.1, -0.05) is 38.4 Å². The molecule has 0 aliphatic heterocycles. The number of rotatable bonds is 4. The number of allylic oxidation sites excluding steroid dienone is 4. The van der Waals surface area contributed by atoms with Gasteiger partial charge < -0.3 is 4.74 Å². The Morgan fingerprint density at radius 1 is 1.21 bits per heavy atom. The van der Waals surface area contributed by atoms with Gasteiger partial charge in [-0.05, 0) is 80.8 Å². The number of ketones is 2. The summed E-state index contributed by atoms with van der Waals surface area (Å²) in [5, 5.41) is 0.784. The number of halogens is 1. The Morgan fingerprint density at radius 2 is 1.93 bits per heavy atom. The van der Waals surface area contributed by atoms with E-state index in [0.29, 0.717) is 30.3 Å². The first-order valence-corrected chi connectivity index (χ1v) is 11.9. The Bertz CT molecular complexity index is 843. The van der Waals surface area contributed by atoms with Crippen LogP contribution < -0.4 is 0 Å². The summed E-state index contributed by atoms with van der Waals surface area (Å²) >= 11 is 6.84. The SMILES string of the molecule is CCCO[C@]1(C(C)=O)CC[C@H]2[C@@H]3C=C(Cl)C4=CC(=O)C5CC5[C@@]4(C)[C@@H]3CC[C@@]21C. The largest absolute Gasteiger partial charge is 0.367 e. The quantitative estimate of drug-likeness (QED) is 0.610. The predicted molar refractivity (Wildman–Crippen MR) is 113 cm³/mol. The number of Topliss-reactive ketones (excluding diaryl/α,β-unsaturated/α-hetero) is 1. The van der Waals surface area contributed by atoms with Crippen LogP contribution in [0.1, 0.15) is 66.2 Å². The van der Waals surface area contributed by atoms with Crippen LogP contribution in [0.15, 0.2) is 22.8 Å². The molecular weight excluding hydrogens is 384 g/mol. The number of hydrogen-bond acceptors (Lipinski definition) is 3. The van der Waals surface area contributed by atoms with Crippen molar-refractivity contribution in [2.24, 2.45) is 40.4 Å². The van der Waals surface area contributed by atoms with Gasteiger partial charge in [0, 0.05) is 28.4 Å². The van der Waals surface area contributed by atoms with Crippen LogP contribution in [0, 0.1) is 40.4 Å². The third-order valence-electron chi connectivity index (χ3n) is 9.73. The number of hydrogen-bond donors (Lipinski definition) is 0. The van der Waals surface area contributed by atoms with E-state index in [1.54, 1.807) is 6.92 Å². The van der Waals surface area contributed by atoms with Crippen LogP contribution in [-0.4, -0.2) is 23.8 Å². The van der Waals surface area contributed by atoms with Crippen LogP contribution in [-0.2, 0) is 14.3 Å². The van der Waals surface area contributed by atoms with Gasteiger partial charge in [0.2, 0.25) is 0 Å². The maximum absolute atomic E-state index is 12.9. The highest BCUT2D eigenvalue weighted by atomic mass is 35.5. The summed E-state index contributed by atoms with van der Waals surface area (Å²) in [6, 6.07) is 0. The number of carbonyl (C=O) groups is 2. The van der Waals surface area contributed by atoms with Crippen LogP contribution in [0.25, 0.3) is 0 Å². The molecule has 0 spiro atoms. The minimum Gasteiger partial charge on any atom is -0.367 e. The summed E-state index contributed by atoms with van der Waals surface area (Å²) in [6.45, 7) is 9.14. The van der Waals surface area contributed by atoms with Crippen LogP contribution in [0.2, 0.25) is 0 Å². The Morgan fingerprint density at radius 3 is 2.62 bits per heavy atom. The second-order valence-corrected chi connectivity index (χ2v) is 11.1. The highest BCUT2D eigenvalue weighted by Crippen LogP contribution is 2.72. The molecule has 0 saturated heterocycles. The summed E-state index contributed by atoms with van der Waals surface area (Å²) in [5.74, 6) is 2.41. The average Bonchev–Trinajstić information content (AvgIpc) is 3.42. The van der Waals surface area contributed by atoms with Crippen LogP contribution >= 0.6 is 11.6 Å². The molecule has 5 aliphatic rings. The lowest BCUT2D eigenvalue weighted by Crippen LogP contribution is -2.58. The highest BCUT2D eigenvalue weighted by Gasteiger charge is 2.69. The second-order valence-electron chi connectivity index (χ2n) is 10.7. The topological polar surface area (TPSA) is 43.4 Å². The average molecular weight is 417 g/mol. The maximum atomic E-state index is 12.9. The Labute approximate surface area is 179 Å². The van der Waals surface area contributed by atoms with Gasteiger partial charge >= 0.3 is 0 Å². The third-order valence-corrected chi connectivity index (χ3v) is 10.1. The molecule has 0 amide bonds. The van der Waals surface area contributed by atoms with Gasteiger partial charge in [-0.3, -0.25) is 9.59 Å². The van der Waals surface area contributed by atoms with Gasteiger partial charge in [0.1, 0.15) is 5.60 Å². The zero-order valence-electron chi connectivity index (χ0n) is 18.1. The summed E-state index contributed by atoms with van der Waals surface area (Å²) < 4.78 is 6.40. The van der Waals surface area contributed by atoms with Crippen LogP contribution in [0.5, 0.6) is 0 Å². The number of fused-ring (bicyclic) bond motifs is 7. The van der Waals surface area contributed by atoms with Crippen molar-refractivity contribution >= 4 is 23.2 Å². The molecule has 3 saturated carbocycles. The van der Waals surface area contributed by atoms with E-state index >= 15 is 0 Å². The van der Waals surface area contributed by atoms with E-state index in [4.69, 9.17) is 16.3 Å². The van der Waals surface area contributed by atoms with E-state index in [1.165, 1.54) is 0 Å². The maximum Gasteiger partial charge on any atom is 0.162 e. The van der Waals surface area contributed by atoms with Gasteiger partial charge in [0.15, 0.2) is 11.6 Å². The number of carbonyl (C=O) groups excluding carboxylic acids is 2. The fraction of sp³-hybridized carbons (Fsp3) is 0.760. The Balaban J connectivity index is 1.57. The molecule has 5 aliphatic carbocycles. The second kappa shape index (κ2) is 6.29. The van der Waals surface area contributed by atoms with Crippen molar-refractivity contribution in [3.63, 3.8) is 0 Å². The summed E-state index contributed by atoms with van der Waals surface area (Å²) in [4.78, 5) is 25.3. The molecule has 0 aromatic carbocycles.